The summed E-state index contributed by atoms with van der Waals surface area (Å²) >= 11 is 6.13. The summed E-state index contributed by atoms with van der Waals surface area (Å²) in [6.07, 6.45) is 1.06. The molecule has 0 aliphatic rings. The van der Waals surface area contributed by atoms with Crippen LogP contribution in [0.15, 0.2) is 42.5 Å². The third-order valence-electron chi connectivity index (χ3n) is 3.56. The van der Waals surface area contributed by atoms with Gasteiger partial charge >= 0.3 is 0 Å². The molecule has 0 aliphatic heterocycles. The maximum Gasteiger partial charge on any atom is 0.128 e. The van der Waals surface area contributed by atoms with Crippen molar-refractivity contribution in [1.82, 2.24) is 0 Å². The molecule has 0 saturated carbocycles. The van der Waals surface area contributed by atoms with Crippen LogP contribution in [0, 0.1) is 11.7 Å². The Morgan fingerprint density at radius 1 is 1.00 bits per heavy atom. The van der Waals surface area contributed by atoms with Gasteiger partial charge in [0.15, 0.2) is 0 Å². The molecule has 0 saturated heterocycles. The molecule has 2 aromatic carbocycles. The predicted octanol–water partition coefficient (Wildman–Crippen LogP) is 5.83. The van der Waals surface area contributed by atoms with E-state index >= 15 is 0 Å². The number of halogens is 2. The molecule has 20 heavy (non-hydrogen) atoms. The van der Waals surface area contributed by atoms with E-state index in [4.69, 9.17) is 11.6 Å². The summed E-state index contributed by atoms with van der Waals surface area (Å²) in [5.74, 6) is 0.354. The van der Waals surface area contributed by atoms with E-state index in [9.17, 15) is 4.39 Å². The summed E-state index contributed by atoms with van der Waals surface area (Å²) in [4.78, 5) is 0. The summed E-state index contributed by atoms with van der Waals surface area (Å²) < 4.78 is 14.0. The largest absolute Gasteiger partial charge is 0.207 e. The Labute approximate surface area is 125 Å². The number of hydrogen-bond acceptors (Lipinski definition) is 0. The van der Waals surface area contributed by atoms with Crippen molar-refractivity contribution in [3.05, 3.63) is 70.0 Å². The fourth-order valence-electron chi connectivity index (χ4n) is 2.50. The minimum absolute atomic E-state index is 0.0446. The molecule has 2 rings (SSSR count). The van der Waals surface area contributed by atoms with Gasteiger partial charge in [0.05, 0.1) is 0 Å². The Hall–Kier alpha value is -1.34. The van der Waals surface area contributed by atoms with E-state index in [0.717, 1.165) is 12.0 Å². The number of benzene rings is 2. The van der Waals surface area contributed by atoms with Crippen LogP contribution in [0.2, 0.25) is 5.02 Å². The van der Waals surface area contributed by atoms with Gasteiger partial charge in [-0.05, 0) is 35.6 Å². The molecule has 0 bridgehead atoms. The van der Waals surface area contributed by atoms with Crippen molar-refractivity contribution < 1.29 is 4.39 Å². The van der Waals surface area contributed by atoms with Crippen LogP contribution in [0.3, 0.4) is 0 Å². The summed E-state index contributed by atoms with van der Waals surface area (Å²) in [5, 5.41) is 0.490. The van der Waals surface area contributed by atoms with Crippen molar-refractivity contribution in [3.63, 3.8) is 0 Å². The molecular weight excluding hydrogens is 271 g/mol. The lowest BCUT2D eigenvalue weighted by molar-refractivity contribution is 0.603. The Balaban J connectivity index is 2.27. The fourth-order valence-corrected chi connectivity index (χ4v) is 2.83. The summed E-state index contributed by atoms with van der Waals surface area (Å²) in [6.45, 7) is 6.40. The van der Waals surface area contributed by atoms with Crippen LogP contribution < -0.4 is 0 Å². The molecule has 106 valence electrons. The van der Waals surface area contributed by atoms with Crippen LogP contribution in [0.1, 0.15) is 43.4 Å². The average molecular weight is 291 g/mol. The highest BCUT2D eigenvalue weighted by Gasteiger charge is 2.16. The Morgan fingerprint density at radius 2 is 1.65 bits per heavy atom. The first kappa shape index (κ1) is 15.1. The highest BCUT2D eigenvalue weighted by atomic mass is 35.5. The van der Waals surface area contributed by atoms with Crippen molar-refractivity contribution in [2.24, 2.45) is 5.92 Å². The van der Waals surface area contributed by atoms with E-state index in [1.807, 2.05) is 6.92 Å². The van der Waals surface area contributed by atoms with Gasteiger partial charge in [-0.3, -0.25) is 0 Å². The summed E-state index contributed by atoms with van der Waals surface area (Å²) in [5.41, 5.74) is 2.98. The first-order chi connectivity index (χ1) is 9.49. The molecule has 0 N–H and O–H groups in total. The van der Waals surface area contributed by atoms with E-state index in [1.54, 1.807) is 12.1 Å². The summed E-state index contributed by atoms with van der Waals surface area (Å²) in [6, 6.07) is 13.2. The van der Waals surface area contributed by atoms with Crippen LogP contribution in [0.4, 0.5) is 4.39 Å². The monoisotopic (exact) mass is 290 g/mol. The number of hydrogen-bond donors (Lipinski definition) is 0. The van der Waals surface area contributed by atoms with Crippen LogP contribution in [0.5, 0.6) is 0 Å². The van der Waals surface area contributed by atoms with E-state index < -0.39 is 0 Å². The predicted molar refractivity (Wildman–Crippen MR) is 83.9 cm³/mol. The molecule has 0 aromatic heterocycles. The molecule has 2 aromatic rings. The molecule has 0 aliphatic carbocycles. The van der Waals surface area contributed by atoms with Gasteiger partial charge < -0.3 is 0 Å². The molecule has 0 nitrogen and oxygen atoms in total. The molecule has 0 amide bonds. The van der Waals surface area contributed by atoms with Crippen LogP contribution in [0.25, 0.3) is 0 Å². The summed E-state index contributed by atoms with van der Waals surface area (Å²) in [7, 11) is 0. The maximum absolute atomic E-state index is 14.0. The molecule has 1 atom stereocenters. The molecule has 2 heteroatoms. The Morgan fingerprint density at radius 3 is 2.20 bits per heavy atom. The molecule has 0 spiro atoms. The minimum Gasteiger partial charge on any atom is -0.207 e. The third kappa shape index (κ3) is 3.40. The molecule has 0 fully saturated rings. The molecule has 0 radical (unpaired) electrons. The molecule has 0 heterocycles. The lowest BCUT2D eigenvalue weighted by Crippen LogP contribution is -2.01. The van der Waals surface area contributed by atoms with Crippen molar-refractivity contribution in [2.75, 3.05) is 0 Å². The standard InChI is InChI=1S/C18H20ClF/c1-12(2)11-14-7-9-15(10-8-14)13(3)18-16(19)5-4-6-17(18)20/h4-10,12-13H,11H2,1-3H3/t13-/m1/s1. The van der Waals surface area contributed by atoms with E-state index in [0.29, 0.717) is 16.5 Å². The Kier molecular flexibility index (Phi) is 4.82. The lowest BCUT2D eigenvalue weighted by atomic mass is 9.91. The third-order valence-corrected chi connectivity index (χ3v) is 3.89. The smallest absolute Gasteiger partial charge is 0.128 e. The quantitative estimate of drug-likeness (QED) is 0.664. The lowest BCUT2D eigenvalue weighted by Gasteiger charge is -2.16. The van der Waals surface area contributed by atoms with Gasteiger partial charge in [0.2, 0.25) is 0 Å². The van der Waals surface area contributed by atoms with Gasteiger partial charge in [-0.2, -0.15) is 0 Å². The fraction of sp³-hybridized carbons (Fsp3) is 0.333. The highest BCUT2D eigenvalue weighted by molar-refractivity contribution is 6.31. The average Bonchev–Trinajstić information content (AvgIpc) is 2.38. The van der Waals surface area contributed by atoms with Crippen molar-refractivity contribution >= 4 is 11.6 Å². The maximum atomic E-state index is 14.0. The molecular formula is C18H20ClF. The van der Waals surface area contributed by atoms with Crippen LogP contribution >= 0.6 is 11.6 Å². The SMILES string of the molecule is CC(C)Cc1ccc([C@@H](C)c2c(F)cccc2Cl)cc1. The minimum atomic E-state index is -0.240. The van der Waals surface area contributed by atoms with Gasteiger partial charge in [0.25, 0.3) is 0 Å². The second kappa shape index (κ2) is 6.41. The zero-order chi connectivity index (χ0) is 14.7. The van der Waals surface area contributed by atoms with Gasteiger partial charge in [-0.1, -0.05) is 62.7 Å². The topological polar surface area (TPSA) is 0 Å². The van der Waals surface area contributed by atoms with Crippen molar-refractivity contribution in [3.8, 4) is 0 Å². The zero-order valence-electron chi connectivity index (χ0n) is 12.2. The number of rotatable bonds is 4. The van der Waals surface area contributed by atoms with Crippen LogP contribution in [-0.2, 0) is 6.42 Å². The van der Waals surface area contributed by atoms with Crippen molar-refractivity contribution in [1.29, 1.82) is 0 Å². The van der Waals surface area contributed by atoms with E-state index in [1.165, 1.54) is 11.6 Å². The molecule has 0 unspecified atom stereocenters. The van der Waals surface area contributed by atoms with Gasteiger partial charge in [0.1, 0.15) is 5.82 Å². The van der Waals surface area contributed by atoms with Crippen molar-refractivity contribution in [2.45, 2.75) is 33.1 Å². The second-order valence-electron chi connectivity index (χ2n) is 5.70. The van der Waals surface area contributed by atoms with Gasteiger partial charge in [-0.25, -0.2) is 4.39 Å². The second-order valence-corrected chi connectivity index (χ2v) is 6.10. The normalized spacial score (nSPS) is 12.7. The Bertz CT molecular complexity index is 552. The zero-order valence-corrected chi connectivity index (χ0v) is 12.9. The highest BCUT2D eigenvalue weighted by Crippen LogP contribution is 2.32. The first-order valence-corrected chi connectivity index (χ1v) is 7.39. The van der Waals surface area contributed by atoms with E-state index in [-0.39, 0.29) is 11.7 Å². The van der Waals surface area contributed by atoms with Gasteiger partial charge in [0, 0.05) is 16.5 Å². The van der Waals surface area contributed by atoms with E-state index in [2.05, 4.69) is 38.1 Å². The first-order valence-electron chi connectivity index (χ1n) is 7.01. The van der Waals surface area contributed by atoms with Crippen LogP contribution in [-0.4, -0.2) is 0 Å². The van der Waals surface area contributed by atoms with Gasteiger partial charge in [-0.15, -0.1) is 0 Å².